The van der Waals surface area contributed by atoms with E-state index in [9.17, 15) is 0 Å². The summed E-state index contributed by atoms with van der Waals surface area (Å²) < 4.78 is 4.71. The molecule has 0 amide bonds. The monoisotopic (exact) mass is 660 g/mol. The topological polar surface area (TPSA) is 35.6 Å². The maximum absolute atomic E-state index is 5.35. The van der Waals surface area contributed by atoms with Crippen molar-refractivity contribution in [2.75, 3.05) is 0 Å². The molecule has 4 heteroatoms. The van der Waals surface area contributed by atoms with Crippen LogP contribution in [-0.2, 0) is 0 Å². The highest BCUT2D eigenvalue weighted by atomic mass is 15.1. The van der Waals surface area contributed by atoms with Crippen LogP contribution >= 0.6 is 0 Å². The molecule has 0 bridgehead atoms. The van der Waals surface area contributed by atoms with Gasteiger partial charge in [-0.15, -0.1) is 0 Å². The zero-order chi connectivity index (χ0) is 33.9. The molecule has 4 heterocycles. The molecule has 0 aliphatic heterocycles. The molecule has 12 rings (SSSR count). The summed E-state index contributed by atoms with van der Waals surface area (Å²) in [6, 6.07) is 57.3. The summed E-state index contributed by atoms with van der Waals surface area (Å²) in [4.78, 5) is 9.92. The Morgan fingerprint density at radius 1 is 0.385 bits per heavy atom. The molecule has 0 spiro atoms. The van der Waals surface area contributed by atoms with Gasteiger partial charge in [0.25, 0.3) is 0 Å². The lowest BCUT2D eigenvalue weighted by Gasteiger charge is -2.10. The molecule has 0 atom stereocenters. The first-order valence-electron chi connectivity index (χ1n) is 17.7. The van der Waals surface area contributed by atoms with E-state index >= 15 is 0 Å². The summed E-state index contributed by atoms with van der Waals surface area (Å²) in [5.41, 5.74) is 12.7. The van der Waals surface area contributed by atoms with Crippen molar-refractivity contribution in [3.8, 4) is 45.0 Å². The van der Waals surface area contributed by atoms with Gasteiger partial charge < -0.3 is 4.57 Å². The molecule has 0 radical (unpaired) electrons. The second-order valence-electron chi connectivity index (χ2n) is 13.8. The highest BCUT2D eigenvalue weighted by Gasteiger charge is 2.24. The first-order valence-corrected chi connectivity index (χ1v) is 17.7. The Hall–Kier alpha value is -7.04. The molecule has 7 aromatic carbocycles. The van der Waals surface area contributed by atoms with Crippen molar-refractivity contribution in [3.63, 3.8) is 0 Å². The quantitative estimate of drug-likeness (QED) is 0.189. The first kappa shape index (κ1) is 27.7. The van der Waals surface area contributed by atoms with Crippen LogP contribution in [0.15, 0.2) is 170 Å². The fourth-order valence-electron chi connectivity index (χ4n) is 8.86. The van der Waals surface area contributed by atoms with Crippen LogP contribution in [0.25, 0.3) is 110 Å². The third-order valence-corrected chi connectivity index (χ3v) is 11.1. The number of hydrogen-bond donors (Lipinski definition) is 0. The summed E-state index contributed by atoms with van der Waals surface area (Å²) in [5, 5.41) is 9.86. The molecule has 0 N–H and O–H groups in total. The zero-order valence-corrected chi connectivity index (χ0v) is 28.0. The van der Waals surface area contributed by atoms with Crippen molar-refractivity contribution in [2.45, 2.75) is 0 Å². The van der Waals surface area contributed by atoms with Gasteiger partial charge in [-0.2, -0.15) is 0 Å². The Balaban J connectivity index is 1.07. The molecule has 0 saturated heterocycles. The molecule has 0 fully saturated rings. The first-order chi connectivity index (χ1) is 25.8. The smallest absolute Gasteiger partial charge is 0.138 e. The van der Waals surface area contributed by atoms with Crippen molar-refractivity contribution < 1.29 is 0 Å². The normalized spacial score (nSPS) is 12.2. The molecule has 4 nitrogen and oxygen atoms in total. The predicted molar refractivity (Wildman–Crippen MR) is 216 cm³/mol. The number of pyridine rings is 2. The van der Waals surface area contributed by atoms with E-state index in [1.54, 1.807) is 0 Å². The minimum Gasteiger partial charge on any atom is -0.309 e. The Bertz CT molecular complexity index is 3290. The average Bonchev–Trinajstić information content (AvgIpc) is 3.84. The highest BCUT2D eigenvalue weighted by molar-refractivity contribution is 6.22. The summed E-state index contributed by atoms with van der Waals surface area (Å²) in [7, 11) is 0. The summed E-state index contributed by atoms with van der Waals surface area (Å²) in [6.07, 6.45) is 3.91. The maximum atomic E-state index is 5.35. The van der Waals surface area contributed by atoms with Gasteiger partial charge in [-0.1, -0.05) is 97.1 Å². The molecule has 4 aromatic heterocycles. The van der Waals surface area contributed by atoms with Gasteiger partial charge in [0.15, 0.2) is 0 Å². The van der Waals surface area contributed by atoms with Gasteiger partial charge in [-0.3, -0.25) is 9.55 Å². The molecule has 11 aromatic rings. The molecular weight excluding hydrogens is 633 g/mol. The standard InChI is InChI=1S/C48H28N4/c1-2-11-33(12-3-1)51-43-22-19-31(26-39(43)47-34-13-5-4-9-29(34)17-23-44(47)51)30-18-21-42-38(25-30)35-14-6-7-16-41(35)52(42)45-24-20-37-36-15-8-10-32-27-49-28-40(46(32)36)48(37)50-45/h1-28H. The van der Waals surface area contributed by atoms with Gasteiger partial charge in [0.1, 0.15) is 5.82 Å². The van der Waals surface area contributed by atoms with Gasteiger partial charge in [-0.05, 0) is 88.1 Å². The third-order valence-electron chi connectivity index (χ3n) is 11.1. The summed E-state index contributed by atoms with van der Waals surface area (Å²) >= 11 is 0. The number of nitrogens with zero attached hydrogens (tertiary/aromatic N) is 4. The minimum absolute atomic E-state index is 0.907. The maximum Gasteiger partial charge on any atom is 0.138 e. The lowest BCUT2D eigenvalue weighted by atomic mass is 9.99. The van der Waals surface area contributed by atoms with E-state index in [4.69, 9.17) is 4.98 Å². The van der Waals surface area contributed by atoms with Crippen LogP contribution in [-0.4, -0.2) is 19.1 Å². The molecule has 1 aliphatic carbocycles. The van der Waals surface area contributed by atoms with Crippen molar-refractivity contribution in [1.29, 1.82) is 0 Å². The molecule has 0 unspecified atom stereocenters. The molecule has 0 saturated carbocycles. The van der Waals surface area contributed by atoms with E-state index in [1.165, 1.54) is 65.4 Å². The van der Waals surface area contributed by atoms with Gasteiger partial charge in [0, 0.05) is 61.5 Å². The van der Waals surface area contributed by atoms with Crippen LogP contribution < -0.4 is 0 Å². The van der Waals surface area contributed by atoms with Gasteiger partial charge in [0.2, 0.25) is 0 Å². The summed E-state index contributed by atoms with van der Waals surface area (Å²) in [5.74, 6) is 0.907. The molecule has 240 valence electrons. The van der Waals surface area contributed by atoms with E-state index in [0.717, 1.165) is 44.7 Å². The SMILES string of the molecule is c1ccc(-n2c3ccc(-c4ccc5c(c4)c4ccccc4n5-c4ccc5c(n4)-c4cncc6cccc-5c46)cc3c3c4ccccc4ccc32)cc1. The number of para-hydroxylation sites is 2. The van der Waals surface area contributed by atoms with Crippen LogP contribution in [0.4, 0.5) is 0 Å². The van der Waals surface area contributed by atoms with Crippen molar-refractivity contribution in [2.24, 2.45) is 0 Å². The van der Waals surface area contributed by atoms with Crippen molar-refractivity contribution in [3.05, 3.63) is 170 Å². The largest absolute Gasteiger partial charge is 0.309 e. The Labute approximate surface area is 298 Å². The number of rotatable bonds is 3. The molecule has 52 heavy (non-hydrogen) atoms. The van der Waals surface area contributed by atoms with Crippen molar-refractivity contribution in [1.82, 2.24) is 19.1 Å². The van der Waals surface area contributed by atoms with Crippen LogP contribution in [0.2, 0.25) is 0 Å². The average molecular weight is 661 g/mol. The van der Waals surface area contributed by atoms with Crippen molar-refractivity contribution >= 4 is 65.2 Å². The van der Waals surface area contributed by atoms with Gasteiger partial charge in [-0.25, -0.2) is 4.98 Å². The van der Waals surface area contributed by atoms with E-state index in [2.05, 4.69) is 172 Å². The number of hydrogen-bond acceptors (Lipinski definition) is 2. The Morgan fingerprint density at radius 3 is 1.98 bits per heavy atom. The second kappa shape index (κ2) is 10.3. The number of fused-ring (bicyclic) bond motifs is 11. The lowest BCUT2D eigenvalue weighted by molar-refractivity contribution is 1.09. The number of benzene rings is 7. The lowest BCUT2D eigenvalue weighted by Crippen LogP contribution is -1.98. The highest BCUT2D eigenvalue weighted by Crippen LogP contribution is 2.46. The van der Waals surface area contributed by atoms with Crippen LogP contribution in [0.1, 0.15) is 0 Å². The Morgan fingerprint density at radius 2 is 1.10 bits per heavy atom. The van der Waals surface area contributed by atoms with E-state index in [-0.39, 0.29) is 0 Å². The third kappa shape index (κ3) is 3.70. The van der Waals surface area contributed by atoms with E-state index < -0.39 is 0 Å². The van der Waals surface area contributed by atoms with Crippen LogP contribution in [0, 0.1) is 0 Å². The minimum atomic E-state index is 0.907. The van der Waals surface area contributed by atoms with Crippen LogP contribution in [0.3, 0.4) is 0 Å². The summed E-state index contributed by atoms with van der Waals surface area (Å²) in [6.45, 7) is 0. The Kier molecular flexibility index (Phi) is 5.47. The van der Waals surface area contributed by atoms with Gasteiger partial charge in [0.05, 0.1) is 27.8 Å². The number of aromatic nitrogens is 4. The fraction of sp³-hybridized carbons (Fsp3) is 0. The molecular formula is C48H28N4. The fourth-order valence-corrected chi connectivity index (χ4v) is 8.86. The molecule has 1 aliphatic rings. The van der Waals surface area contributed by atoms with E-state index in [0.29, 0.717) is 0 Å². The van der Waals surface area contributed by atoms with Crippen LogP contribution in [0.5, 0.6) is 0 Å². The second-order valence-corrected chi connectivity index (χ2v) is 13.8. The zero-order valence-electron chi connectivity index (χ0n) is 28.0. The van der Waals surface area contributed by atoms with E-state index in [1.807, 2.05) is 12.4 Å². The van der Waals surface area contributed by atoms with Gasteiger partial charge >= 0.3 is 0 Å². The predicted octanol–water partition coefficient (Wildman–Crippen LogP) is 12.3.